The van der Waals surface area contributed by atoms with Crippen molar-refractivity contribution in [1.82, 2.24) is 14.9 Å². The summed E-state index contributed by atoms with van der Waals surface area (Å²) in [5.74, 6) is 3.51. The number of para-hydroxylation sites is 3. The summed E-state index contributed by atoms with van der Waals surface area (Å²) >= 11 is 0. The molecule has 4 aromatic carbocycles. The Morgan fingerprint density at radius 2 is 1.60 bits per heavy atom. The lowest BCUT2D eigenvalue weighted by molar-refractivity contribution is 0.0953. The number of aromatic nitrogens is 2. The Morgan fingerprint density at radius 3 is 2.35 bits per heavy atom. The Bertz CT molecular complexity index is 1560. The fourth-order valence-electron chi connectivity index (χ4n) is 4.44. The minimum absolute atomic E-state index is 0.0919. The molecule has 1 N–H and O–H groups in total. The molecule has 0 unspecified atom stereocenters. The second kappa shape index (κ2) is 12.8. The monoisotopic (exact) mass is 535 g/mol. The van der Waals surface area contributed by atoms with Gasteiger partial charge in [-0.2, -0.15) is 0 Å². The van der Waals surface area contributed by atoms with E-state index in [2.05, 4.69) is 16.8 Å². The van der Waals surface area contributed by atoms with E-state index in [1.807, 2.05) is 97.1 Å². The highest BCUT2D eigenvalue weighted by molar-refractivity contribution is 5.97. The minimum Gasteiger partial charge on any atom is -0.493 e. The zero-order valence-electron chi connectivity index (χ0n) is 22.8. The molecular formula is C33H33N3O4. The molecule has 0 aliphatic rings. The Balaban J connectivity index is 1.41. The van der Waals surface area contributed by atoms with E-state index in [1.54, 1.807) is 7.11 Å². The summed E-state index contributed by atoms with van der Waals surface area (Å²) in [6, 6.07) is 30.9. The number of methoxy groups -OCH3 is 1. The van der Waals surface area contributed by atoms with Crippen molar-refractivity contribution in [3.63, 3.8) is 0 Å². The first-order chi connectivity index (χ1) is 19.6. The number of imidazole rings is 1. The molecule has 0 radical (unpaired) electrons. The van der Waals surface area contributed by atoms with Crippen LogP contribution in [0.25, 0.3) is 11.0 Å². The van der Waals surface area contributed by atoms with Crippen LogP contribution in [-0.4, -0.2) is 29.1 Å². The molecule has 7 heteroatoms. The number of nitrogens with one attached hydrogen (secondary N) is 1. The molecule has 1 aromatic heterocycles. The second-order valence-electron chi connectivity index (χ2n) is 9.43. The Hall–Kier alpha value is -4.78. The Labute approximate surface area is 234 Å². The van der Waals surface area contributed by atoms with E-state index in [1.165, 1.54) is 0 Å². The number of benzene rings is 4. The molecule has 0 atom stereocenters. The molecule has 204 valence electrons. The molecule has 5 rings (SSSR count). The number of hydrogen-bond donors (Lipinski definition) is 1. The van der Waals surface area contributed by atoms with Gasteiger partial charge in [-0.15, -0.1) is 0 Å². The second-order valence-corrected chi connectivity index (χ2v) is 9.43. The van der Waals surface area contributed by atoms with Gasteiger partial charge >= 0.3 is 0 Å². The van der Waals surface area contributed by atoms with Crippen LogP contribution in [0.15, 0.2) is 97.1 Å². The third-order valence-corrected chi connectivity index (χ3v) is 6.57. The van der Waals surface area contributed by atoms with E-state index in [9.17, 15) is 4.79 Å². The number of hydrogen-bond acceptors (Lipinski definition) is 5. The van der Waals surface area contributed by atoms with Gasteiger partial charge in [-0.1, -0.05) is 55.8 Å². The van der Waals surface area contributed by atoms with Crippen LogP contribution in [0.1, 0.15) is 41.5 Å². The normalized spacial score (nSPS) is 10.8. The highest BCUT2D eigenvalue weighted by atomic mass is 16.5. The SMILES string of the molecule is CCCCNC(=O)c1ccc2c(c1)nc(COc1ccccc1OC)n2Cc1ccc(Oc2ccccc2)cc1. The predicted molar refractivity (Wildman–Crippen MR) is 156 cm³/mol. The molecule has 1 heterocycles. The zero-order chi connectivity index (χ0) is 27.7. The summed E-state index contributed by atoms with van der Waals surface area (Å²) < 4.78 is 19.7. The lowest BCUT2D eigenvalue weighted by Gasteiger charge is -2.13. The van der Waals surface area contributed by atoms with Gasteiger partial charge < -0.3 is 24.1 Å². The summed E-state index contributed by atoms with van der Waals surface area (Å²) in [7, 11) is 1.62. The maximum absolute atomic E-state index is 12.7. The van der Waals surface area contributed by atoms with E-state index in [-0.39, 0.29) is 12.5 Å². The first-order valence-electron chi connectivity index (χ1n) is 13.5. The molecule has 40 heavy (non-hydrogen) atoms. The minimum atomic E-state index is -0.0919. The molecule has 0 fully saturated rings. The summed E-state index contributed by atoms with van der Waals surface area (Å²) in [4.78, 5) is 17.6. The van der Waals surface area contributed by atoms with E-state index < -0.39 is 0 Å². The average molecular weight is 536 g/mol. The molecular weight excluding hydrogens is 502 g/mol. The van der Waals surface area contributed by atoms with Crippen LogP contribution in [0, 0.1) is 0 Å². The van der Waals surface area contributed by atoms with Gasteiger partial charge in [0.05, 0.1) is 18.1 Å². The molecule has 0 aliphatic heterocycles. The first-order valence-corrected chi connectivity index (χ1v) is 13.5. The number of ether oxygens (including phenoxy) is 3. The fourth-order valence-corrected chi connectivity index (χ4v) is 4.44. The topological polar surface area (TPSA) is 74.6 Å². The Kier molecular flexibility index (Phi) is 8.61. The number of nitrogens with zero attached hydrogens (tertiary/aromatic N) is 2. The number of rotatable bonds is 12. The maximum Gasteiger partial charge on any atom is 0.251 e. The number of amides is 1. The van der Waals surface area contributed by atoms with Crippen LogP contribution in [-0.2, 0) is 13.2 Å². The predicted octanol–water partition coefficient (Wildman–Crippen LogP) is 6.99. The fraction of sp³-hybridized carbons (Fsp3) is 0.212. The van der Waals surface area contributed by atoms with Gasteiger partial charge in [-0.05, 0) is 66.6 Å². The largest absolute Gasteiger partial charge is 0.493 e. The van der Waals surface area contributed by atoms with Crippen LogP contribution < -0.4 is 19.5 Å². The number of carbonyl (C=O) groups is 1. The van der Waals surface area contributed by atoms with E-state index in [4.69, 9.17) is 19.2 Å². The smallest absolute Gasteiger partial charge is 0.251 e. The summed E-state index contributed by atoms with van der Waals surface area (Å²) in [5, 5.41) is 2.98. The molecule has 7 nitrogen and oxygen atoms in total. The van der Waals surface area contributed by atoms with Crippen molar-refractivity contribution >= 4 is 16.9 Å². The van der Waals surface area contributed by atoms with Crippen LogP contribution in [0.4, 0.5) is 0 Å². The quantitative estimate of drug-likeness (QED) is 0.174. The van der Waals surface area contributed by atoms with Crippen molar-refractivity contribution < 1.29 is 19.0 Å². The van der Waals surface area contributed by atoms with Crippen molar-refractivity contribution in [3.05, 3.63) is 114 Å². The Morgan fingerprint density at radius 1 is 0.875 bits per heavy atom. The third kappa shape index (κ3) is 6.43. The molecule has 0 saturated heterocycles. The third-order valence-electron chi connectivity index (χ3n) is 6.57. The lowest BCUT2D eigenvalue weighted by atomic mass is 10.1. The van der Waals surface area contributed by atoms with Crippen molar-refractivity contribution in [2.75, 3.05) is 13.7 Å². The summed E-state index contributed by atoms with van der Waals surface area (Å²) in [6.45, 7) is 3.57. The van der Waals surface area contributed by atoms with Crippen molar-refractivity contribution in [2.24, 2.45) is 0 Å². The molecule has 0 aliphatic carbocycles. The van der Waals surface area contributed by atoms with Crippen molar-refractivity contribution in [1.29, 1.82) is 0 Å². The van der Waals surface area contributed by atoms with Crippen LogP contribution in [0.2, 0.25) is 0 Å². The van der Waals surface area contributed by atoms with Crippen LogP contribution in [0.3, 0.4) is 0 Å². The average Bonchev–Trinajstić information content (AvgIpc) is 3.34. The van der Waals surface area contributed by atoms with Gasteiger partial charge in [0, 0.05) is 18.7 Å². The molecule has 1 amide bonds. The molecule has 5 aromatic rings. The summed E-state index contributed by atoms with van der Waals surface area (Å²) in [6.07, 6.45) is 1.97. The maximum atomic E-state index is 12.7. The van der Waals surface area contributed by atoms with E-state index >= 15 is 0 Å². The van der Waals surface area contributed by atoms with Crippen molar-refractivity contribution in [2.45, 2.75) is 32.9 Å². The summed E-state index contributed by atoms with van der Waals surface area (Å²) in [5.41, 5.74) is 3.34. The van der Waals surface area contributed by atoms with Gasteiger partial charge in [0.15, 0.2) is 11.5 Å². The molecule has 0 saturated carbocycles. The van der Waals surface area contributed by atoms with Crippen LogP contribution >= 0.6 is 0 Å². The molecule has 0 spiro atoms. The highest BCUT2D eigenvalue weighted by Crippen LogP contribution is 2.28. The number of unbranched alkanes of at least 4 members (excludes halogenated alkanes) is 1. The first kappa shape index (κ1) is 26.8. The van der Waals surface area contributed by atoms with Crippen LogP contribution in [0.5, 0.6) is 23.0 Å². The van der Waals surface area contributed by atoms with Gasteiger partial charge in [0.1, 0.15) is 23.9 Å². The van der Waals surface area contributed by atoms with E-state index in [0.29, 0.717) is 30.2 Å². The highest BCUT2D eigenvalue weighted by Gasteiger charge is 2.16. The van der Waals surface area contributed by atoms with Crippen molar-refractivity contribution in [3.8, 4) is 23.0 Å². The number of carbonyl (C=O) groups excluding carboxylic acids is 1. The standard InChI is InChI=1S/C33H33N3O4/c1-3-4-20-34-33(37)25-16-19-29-28(21-25)35-32(23-39-31-13-9-8-12-30(31)38-2)36(29)22-24-14-17-27(18-15-24)40-26-10-6-5-7-11-26/h5-19,21H,3-4,20,22-23H2,1-2H3,(H,34,37). The van der Waals surface area contributed by atoms with Gasteiger partial charge in [-0.25, -0.2) is 4.98 Å². The zero-order valence-corrected chi connectivity index (χ0v) is 22.8. The number of fused-ring (bicyclic) bond motifs is 1. The van der Waals surface area contributed by atoms with E-state index in [0.717, 1.165) is 46.8 Å². The van der Waals surface area contributed by atoms with Gasteiger partial charge in [-0.3, -0.25) is 4.79 Å². The van der Waals surface area contributed by atoms with Gasteiger partial charge in [0.2, 0.25) is 0 Å². The lowest BCUT2D eigenvalue weighted by Crippen LogP contribution is -2.24. The molecule has 0 bridgehead atoms. The van der Waals surface area contributed by atoms with Gasteiger partial charge in [0.25, 0.3) is 5.91 Å².